The average molecular weight is 222 g/mol. The quantitative estimate of drug-likeness (QED) is 0.739. The number of carbonyl (C=O) groups excluding carboxylic acids is 1. The van der Waals surface area contributed by atoms with Crippen molar-refractivity contribution in [2.24, 2.45) is 0 Å². The van der Waals surface area contributed by atoms with Crippen LogP contribution in [-0.4, -0.2) is 23.9 Å². The molecule has 0 aromatic heterocycles. The molecule has 0 spiro atoms. The number of rotatable bonds is 1. The third-order valence-electron chi connectivity index (χ3n) is 2.89. The van der Waals surface area contributed by atoms with E-state index >= 15 is 0 Å². The monoisotopic (exact) mass is 222 g/mol. The number of nitrogens with zero attached hydrogens (tertiary/aromatic N) is 1. The van der Waals surface area contributed by atoms with Crippen LogP contribution in [0.3, 0.4) is 0 Å². The number of nitrogen functional groups attached to an aromatic ring is 1. The summed E-state index contributed by atoms with van der Waals surface area (Å²) in [6, 6.07) is 3.92. The highest BCUT2D eigenvalue weighted by atomic mass is 19.1. The largest absolute Gasteiger partial charge is 0.398 e. The summed E-state index contributed by atoms with van der Waals surface area (Å²) in [4.78, 5) is 13.8. The zero-order valence-corrected chi connectivity index (χ0v) is 9.08. The van der Waals surface area contributed by atoms with E-state index in [2.05, 4.69) is 0 Å². The maximum Gasteiger partial charge on any atom is 0.255 e. The Morgan fingerprint density at radius 2 is 1.94 bits per heavy atom. The van der Waals surface area contributed by atoms with Crippen molar-refractivity contribution in [3.63, 3.8) is 0 Å². The molecule has 0 aliphatic carbocycles. The predicted octanol–water partition coefficient (Wildman–Crippen LogP) is 2.03. The van der Waals surface area contributed by atoms with Gasteiger partial charge >= 0.3 is 0 Å². The summed E-state index contributed by atoms with van der Waals surface area (Å²) >= 11 is 0. The Bertz CT molecular complexity index is 400. The Kier molecular flexibility index (Phi) is 3.08. The first-order valence-electron chi connectivity index (χ1n) is 5.53. The molecule has 0 unspecified atom stereocenters. The van der Waals surface area contributed by atoms with E-state index in [9.17, 15) is 9.18 Å². The van der Waals surface area contributed by atoms with Crippen LogP contribution in [0.4, 0.5) is 10.1 Å². The molecule has 3 nitrogen and oxygen atoms in total. The van der Waals surface area contributed by atoms with Gasteiger partial charge in [0, 0.05) is 18.8 Å². The SMILES string of the molecule is Nc1cc(F)ccc1C(=O)N1CCCCC1. The number of nitrogens with two attached hydrogens (primary N) is 1. The third kappa shape index (κ3) is 2.15. The smallest absolute Gasteiger partial charge is 0.255 e. The molecule has 1 aliphatic heterocycles. The normalized spacial score (nSPS) is 16.2. The van der Waals surface area contributed by atoms with Gasteiger partial charge in [-0.3, -0.25) is 4.79 Å². The van der Waals surface area contributed by atoms with Gasteiger partial charge in [0.25, 0.3) is 5.91 Å². The van der Waals surface area contributed by atoms with Crippen molar-refractivity contribution in [1.29, 1.82) is 0 Å². The third-order valence-corrected chi connectivity index (χ3v) is 2.89. The lowest BCUT2D eigenvalue weighted by Gasteiger charge is -2.27. The van der Waals surface area contributed by atoms with E-state index in [4.69, 9.17) is 5.73 Å². The molecule has 1 heterocycles. The second kappa shape index (κ2) is 4.51. The van der Waals surface area contributed by atoms with Gasteiger partial charge in [-0.1, -0.05) is 0 Å². The summed E-state index contributed by atoms with van der Waals surface area (Å²) in [7, 11) is 0. The minimum Gasteiger partial charge on any atom is -0.398 e. The summed E-state index contributed by atoms with van der Waals surface area (Å²) in [5, 5.41) is 0. The Morgan fingerprint density at radius 1 is 1.25 bits per heavy atom. The van der Waals surface area contributed by atoms with Crippen molar-refractivity contribution >= 4 is 11.6 Å². The highest BCUT2D eigenvalue weighted by Crippen LogP contribution is 2.18. The van der Waals surface area contributed by atoms with E-state index in [1.165, 1.54) is 24.6 Å². The van der Waals surface area contributed by atoms with Crippen LogP contribution in [0, 0.1) is 5.82 Å². The minimum absolute atomic E-state index is 0.0859. The van der Waals surface area contributed by atoms with E-state index in [0.29, 0.717) is 5.56 Å². The zero-order valence-electron chi connectivity index (χ0n) is 9.08. The number of likely N-dealkylation sites (tertiary alicyclic amines) is 1. The van der Waals surface area contributed by atoms with Crippen molar-refractivity contribution in [3.05, 3.63) is 29.6 Å². The van der Waals surface area contributed by atoms with Gasteiger partial charge in [-0.15, -0.1) is 0 Å². The van der Waals surface area contributed by atoms with Gasteiger partial charge in [-0.2, -0.15) is 0 Å². The molecule has 4 heteroatoms. The number of anilines is 1. The molecule has 2 N–H and O–H groups in total. The second-order valence-corrected chi connectivity index (χ2v) is 4.08. The molecule has 1 fully saturated rings. The molecule has 16 heavy (non-hydrogen) atoms. The predicted molar refractivity (Wildman–Crippen MR) is 60.6 cm³/mol. The molecule has 1 aliphatic rings. The Labute approximate surface area is 94.0 Å². The summed E-state index contributed by atoms with van der Waals surface area (Å²) in [6.45, 7) is 1.55. The van der Waals surface area contributed by atoms with Crippen LogP contribution >= 0.6 is 0 Å². The van der Waals surface area contributed by atoms with Gasteiger partial charge in [0.2, 0.25) is 0 Å². The van der Waals surface area contributed by atoms with Crippen molar-refractivity contribution in [2.45, 2.75) is 19.3 Å². The lowest BCUT2D eigenvalue weighted by atomic mass is 10.1. The number of halogens is 1. The highest BCUT2D eigenvalue weighted by Gasteiger charge is 2.19. The van der Waals surface area contributed by atoms with Gasteiger partial charge in [0.15, 0.2) is 0 Å². The van der Waals surface area contributed by atoms with Gasteiger partial charge in [0.05, 0.1) is 5.56 Å². The number of benzene rings is 1. The summed E-state index contributed by atoms with van der Waals surface area (Å²) in [6.07, 6.45) is 3.24. The molecule has 86 valence electrons. The molecular formula is C12H15FN2O. The number of hydrogen-bond donors (Lipinski definition) is 1. The molecule has 1 saturated heterocycles. The number of piperidine rings is 1. The summed E-state index contributed by atoms with van der Waals surface area (Å²) in [5.41, 5.74) is 6.27. The van der Waals surface area contributed by atoms with Crippen molar-refractivity contribution < 1.29 is 9.18 Å². The maximum absolute atomic E-state index is 12.8. The fourth-order valence-corrected chi connectivity index (χ4v) is 2.00. The fourth-order valence-electron chi connectivity index (χ4n) is 2.00. The van der Waals surface area contributed by atoms with Gasteiger partial charge < -0.3 is 10.6 Å². The highest BCUT2D eigenvalue weighted by molar-refractivity contribution is 5.99. The molecule has 0 bridgehead atoms. The van der Waals surface area contributed by atoms with Crippen LogP contribution < -0.4 is 5.73 Å². The first kappa shape index (κ1) is 10.9. The first-order chi connectivity index (χ1) is 7.68. The Hall–Kier alpha value is -1.58. The fraction of sp³-hybridized carbons (Fsp3) is 0.417. The molecule has 0 saturated carbocycles. The van der Waals surface area contributed by atoms with Gasteiger partial charge in [-0.05, 0) is 37.5 Å². The molecule has 1 aromatic rings. The molecule has 0 atom stereocenters. The van der Waals surface area contributed by atoms with Crippen molar-refractivity contribution in [2.75, 3.05) is 18.8 Å². The lowest BCUT2D eigenvalue weighted by molar-refractivity contribution is 0.0725. The van der Waals surface area contributed by atoms with Crippen LogP contribution in [0.15, 0.2) is 18.2 Å². The molecule has 1 aromatic carbocycles. The van der Waals surface area contributed by atoms with E-state index in [1.54, 1.807) is 4.90 Å². The van der Waals surface area contributed by atoms with E-state index < -0.39 is 5.82 Å². The van der Waals surface area contributed by atoms with Crippen LogP contribution in [0.2, 0.25) is 0 Å². The molecule has 0 radical (unpaired) electrons. The molecule has 2 rings (SSSR count). The Balaban J connectivity index is 2.19. The average Bonchev–Trinajstić information content (AvgIpc) is 2.29. The second-order valence-electron chi connectivity index (χ2n) is 4.08. The zero-order chi connectivity index (χ0) is 11.5. The molecular weight excluding hydrogens is 207 g/mol. The topological polar surface area (TPSA) is 46.3 Å². The number of amides is 1. The first-order valence-corrected chi connectivity index (χ1v) is 5.53. The van der Waals surface area contributed by atoms with Gasteiger partial charge in [-0.25, -0.2) is 4.39 Å². The summed E-state index contributed by atoms with van der Waals surface area (Å²) < 4.78 is 12.8. The lowest BCUT2D eigenvalue weighted by Crippen LogP contribution is -2.35. The molecule has 1 amide bonds. The van der Waals surface area contributed by atoms with E-state index in [1.807, 2.05) is 0 Å². The van der Waals surface area contributed by atoms with Crippen molar-refractivity contribution in [1.82, 2.24) is 4.90 Å². The van der Waals surface area contributed by atoms with Crippen LogP contribution in [-0.2, 0) is 0 Å². The van der Waals surface area contributed by atoms with Crippen molar-refractivity contribution in [3.8, 4) is 0 Å². The standard InChI is InChI=1S/C12H15FN2O/c13-9-4-5-10(11(14)8-9)12(16)15-6-2-1-3-7-15/h4-5,8H,1-3,6-7,14H2. The van der Waals surface area contributed by atoms with Gasteiger partial charge in [0.1, 0.15) is 5.82 Å². The number of hydrogen-bond acceptors (Lipinski definition) is 2. The number of carbonyl (C=O) groups is 1. The van der Waals surface area contributed by atoms with Crippen LogP contribution in [0.25, 0.3) is 0 Å². The summed E-state index contributed by atoms with van der Waals surface area (Å²) in [5.74, 6) is -0.495. The van der Waals surface area contributed by atoms with E-state index in [-0.39, 0.29) is 11.6 Å². The van der Waals surface area contributed by atoms with Crippen LogP contribution in [0.1, 0.15) is 29.6 Å². The maximum atomic E-state index is 12.8. The minimum atomic E-state index is -0.410. The Morgan fingerprint density at radius 3 is 2.56 bits per heavy atom. The van der Waals surface area contributed by atoms with E-state index in [0.717, 1.165) is 25.9 Å². The van der Waals surface area contributed by atoms with Crippen LogP contribution in [0.5, 0.6) is 0 Å².